The van der Waals surface area contributed by atoms with Crippen LogP contribution in [0.2, 0.25) is 0 Å². The van der Waals surface area contributed by atoms with Gasteiger partial charge in [-0.25, -0.2) is 0 Å². The number of aliphatic hydroxyl groups excluding tert-OH is 1. The highest BCUT2D eigenvalue weighted by atomic mass is 16.6. The molecule has 1 N–H and O–H groups in total. The van der Waals surface area contributed by atoms with Crippen molar-refractivity contribution in [1.82, 2.24) is 0 Å². The van der Waals surface area contributed by atoms with E-state index in [-0.39, 0.29) is 43.7 Å². The van der Waals surface area contributed by atoms with E-state index in [4.69, 9.17) is 9.47 Å². The van der Waals surface area contributed by atoms with Gasteiger partial charge in [-0.3, -0.25) is 14.1 Å². The predicted octanol–water partition coefficient (Wildman–Crippen LogP) is 5.30. The van der Waals surface area contributed by atoms with Crippen molar-refractivity contribution in [2.45, 2.75) is 89.9 Å². The molecule has 2 aliphatic carbocycles. The molecule has 0 aliphatic heterocycles. The van der Waals surface area contributed by atoms with E-state index < -0.39 is 0 Å². The Bertz CT molecular complexity index is 647. The fourth-order valence-electron chi connectivity index (χ4n) is 4.70. The van der Waals surface area contributed by atoms with E-state index in [0.717, 1.165) is 44.9 Å². The first kappa shape index (κ1) is 28.6. The molecule has 34 heavy (non-hydrogen) atoms. The van der Waals surface area contributed by atoms with Crippen LogP contribution in [0.25, 0.3) is 0 Å². The van der Waals surface area contributed by atoms with E-state index in [0.29, 0.717) is 17.6 Å². The third-order valence-electron chi connectivity index (χ3n) is 7.15. The van der Waals surface area contributed by atoms with Crippen molar-refractivity contribution in [3.05, 3.63) is 24.3 Å². The van der Waals surface area contributed by atoms with Gasteiger partial charge in [0, 0.05) is 0 Å². The summed E-state index contributed by atoms with van der Waals surface area (Å²) in [4.78, 5) is 25.4. The van der Waals surface area contributed by atoms with Gasteiger partial charge in [0.1, 0.15) is 19.7 Å². The molecule has 2 aliphatic rings. The summed E-state index contributed by atoms with van der Waals surface area (Å²) in [6.07, 6.45) is 23.8. The van der Waals surface area contributed by atoms with Gasteiger partial charge in [-0.15, -0.1) is 0 Å². The molecule has 0 aromatic heterocycles. The Labute approximate surface area is 207 Å². The number of nitrogens with zero attached hydrogens (tertiary/aromatic N) is 1. The van der Waals surface area contributed by atoms with E-state index in [1.807, 2.05) is 19.2 Å². The van der Waals surface area contributed by atoms with Crippen LogP contribution in [0.1, 0.15) is 89.9 Å². The molecule has 0 radical (unpaired) electrons. The average molecular weight is 479 g/mol. The fraction of sp³-hybridized carbons (Fsp3) is 0.786. The summed E-state index contributed by atoms with van der Waals surface area (Å²) >= 11 is 0. The third kappa shape index (κ3) is 11.7. The molecule has 2 rings (SSSR count). The number of likely N-dealkylation sites (N-methyl/N-ethyl adjacent to an activating group) is 1. The van der Waals surface area contributed by atoms with Crippen LogP contribution in [0.4, 0.5) is 0 Å². The molecule has 0 heterocycles. The predicted molar refractivity (Wildman–Crippen MR) is 135 cm³/mol. The number of esters is 2. The summed E-state index contributed by atoms with van der Waals surface area (Å²) in [6.45, 7) is 1.34. The molecule has 0 aromatic rings. The summed E-state index contributed by atoms with van der Waals surface area (Å²) in [5, 5.41) is 9.58. The molecule has 0 saturated carbocycles. The summed E-state index contributed by atoms with van der Waals surface area (Å²) < 4.78 is 11.7. The van der Waals surface area contributed by atoms with Crippen LogP contribution in [-0.2, 0) is 19.1 Å². The highest BCUT2D eigenvalue weighted by molar-refractivity contribution is 5.74. The Morgan fingerprint density at radius 2 is 1.26 bits per heavy atom. The topological polar surface area (TPSA) is 72.8 Å². The summed E-state index contributed by atoms with van der Waals surface area (Å²) in [7, 11) is 1.93. The maximum atomic E-state index is 12.8. The standard InChI is InChI=1S/C28H48NO5/c1-29(20-22-30,24-34-28(32)26-18-14-10-6-3-7-11-15-19-26)21-23-33-27(31)25-16-12-8-4-2-5-9-13-17-25/h12,14,16,18,25-26,30H,2-11,13,15,17,19-24H2,1H3/q+1/b16-12-,18-14-. The van der Waals surface area contributed by atoms with Gasteiger partial charge in [0.05, 0.1) is 25.5 Å². The molecular weight excluding hydrogens is 430 g/mol. The molecule has 0 amide bonds. The van der Waals surface area contributed by atoms with Crippen LogP contribution in [0.5, 0.6) is 0 Å². The second-order valence-corrected chi connectivity index (χ2v) is 10.3. The Morgan fingerprint density at radius 1 is 0.765 bits per heavy atom. The minimum atomic E-state index is -0.196. The SMILES string of the molecule is C[N+](CCO)(CCOC(=O)C1/C=C\CCCCCCC1)COC(=O)C1/C=C\CCCCCCC1. The van der Waals surface area contributed by atoms with Gasteiger partial charge in [0.25, 0.3) is 0 Å². The summed E-state index contributed by atoms with van der Waals surface area (Å²) in [5.41, 5.74) is 0. The lowest BCUT2D eigenvalue weighted by atomic mass is 9.97. The number of carbonyl (C=O) groups excluding carboxylic acids is 2. The lowest BCUT2D eigenvalue weighted by molar-refractivity contribution is -0.926. The fourth-order valence-corrected chi connectivity index (χ4v) is 4.70. The second kappa shape index (κ2) is 16.9. The van der Waals surface area contributed by atoms with Gasteiger partial charge in [-0.05, 0) is 38.5 Å². The van der Waals surface area contributed by atoms with Crippen molar-refractivity contribution >= 4 is 11.9 Å². The van der Waals surface area contributed by atoms with E-state index >= 15 is 0 Å². The van der Waals surface area contributed by atoms with Crippen molar-refractivity contribution < 1.29 is 28.7 Å². The molecule has 0 saturated heterocycles. The molecule has 6 nitrogen and oxygen atoms in total. The Kier molecular flexibility index (Phi) is 14.2. The monoisotopic (exact) mass is 478 g/mol. The van der Waals surface area contributed by atoms with Gasteiger partial charge in [-0.1, -0.05) is 75.7 Å². The maximum Gasteiger partial charge on any atom is 0.317 e. The summed E-state index contributed by atoms with van der Waals surface area (Å²) in [6, 6.07) is 0. The van der Waals surface area contributed by atoms with Crippen LogP contribution in [0.15, 0.2) is 24.3 Å². The number of ether oxygens (including phenoxy) is 2. The van der Waals surface area contributed by atoms with Gasteiger partial charge >= 0.3 is 11.9 Å². The third-order valence-corrected chi connectivity index (χ3v) is 7.15. The number of rotatable bonds is 9. The molecule has 3 unspecified atom stereocenters. The zero-order valence-corrected chi connectivity index (χ0v) is 21.4. The molecule has 0 spiro atoms. The number of allylic oxidation sites excluding steroid dienone is 2. The van der Waals surface area contributed by atoms with Crippen LogP contribution in [0, 0.1) is 11.8 Å². The Morgan fingerprint density at radius 3 is 1.82 bits per heavy atom. The number of hydrogen-bond donors (Lipinski definition) is 1. The number of carbonyl (C=O) groups is 2. The summed E-state index contributed by atoms with van der Waals surface area (Å²) in [5.74, 6) is -0.733. The smallest absolute Gasteiger partial charge is 0.317 e. The molecule has 0 aromatic carbocycles. The first-order valence-electron chi connectivity index (χ1n) is 13.6. The van der Waals surface area contributed by atoms with E-state index in [1.54, 1.807) is 0 Å². The molecule has 6 heteroatoms. The second-order valence-electron chi connectivity index (χ2n) is 10.3. The Hall–Kier alpha value is -1.66. The largest absolute Gasteiger partial charge is 0.459 e. The van der Waals surface area contributed by atoms with Crippen LogP contribution in [-0.4, -0.2) is 61.6 Å². The van der Waals surface area contributed by atoms with Crippen molar-refractivity contribution in [3.63, 3.8) is 0 Å². The van der Waals surface area contributed by atoms with Crippen LogP contribution in [0.3, 0.4) is 0 Å². The van der Waals surface area contributed by atoms with Crippen molar-refractivity contribution in [2.75, 3.05) is 40.1 Å². The minimum absolute atomic E-state index is 0.0172. The number of quaternary nitrogens is 1. The lowest BCUT2D eigenvalue weighted by Gasteiger charge is -2.33. The first-order valence-corrected chi connectivity index (χ1v) is 13.6. The zero-order chi connectivity index (χ0) is 24.5. The van der Waals surface area contributed by atoms with E-state index in [9.17, 15) is 14.7 Å². The molecule has 0 fully saturated rings. The van der Waals surface area contributed by atoms with E-state index in [1.165, 1.54) is 44.9 Å². The number of hydrogen-bond acceptors (Lipinski definition) is 5. The van der Waals surface area contributed by atoms with Gasteiger partial charge in [0.15, 0.2) is 0 Å². The number of aliphatic hydroxyl groups is 1. The average Bonchev–Trinajstić information content (AvgIpc) is 2.84. The van der Waals surface area contributed by atoms with Crippen molar-refractivity contribution in [3.8, 4) is 0 Å². The minimum Gasteiger partial charge on any atom is -0.459 e. The van der Waals surface area contributed by atoms with Gasteiger partial charge in [0.2, 0.25) is 6.73 Å². The molecule has 3 atom stereocenters. The highest BCUT2D eigenvalue weighted by Crippen LogP contribution is 2.20. The molecular formula is C28H48NO5+. The van der Waals surface area contributed by atoms with Gasteiger partial charge < -0.3 is 14.6 Å². The first-order chi connectivity index (χ1) is 16.5. The quantitative estimate of drug-likeness (QED) is 0.211. The van der Waals surface area contributed by atoms with Crippen LogP contribution < -0.4 is 0 Å². The van der Waals surface area contributed by atoms with Gasteiger partial charge in [-0.2, -0.15) is 0 Å². The highest BCUT2D eigenvalue weighted by Gasteiger charge is 2.27. The van der Waals surface area contributed by atoms with E-state index in [2.05, 4.69) is 12.2 Å². The Balaban J connectivity index is 1.83. The maximum absolute atomic E-state index is 12.8. The van der Waals surface area contributed by atoms with Crippen molar-refractivity contribution in [1.29, 1.82) is 0 Å². The van der Waals surface area contributed by atoms with Crippen LogP contribution >= 0.6 is 0 Å². The lowest BCUT2D eigenvalue weighted by Crippen LogP contribution is -2.50. The normalized spacial score (nSPS) is 26.4. The van der Waals surface area contributed by atoms with Crippen molar-refractivity contribution in [2.24, 2.45) is 11.8 Å². The zero-order valence-electron chi connectivity index (χ0n) is 21.4. The molecule has 0 bridgehead atoms. The molecule has 194 valence electrons.